The summed E-state index contributed by atoms with van der Waals surface area (Å²) in [5.41, 5.74) is -0.874. The molecule has 0 spiro atoms. The van der Waals surface area contributed by atoms with Crippen LogP contribution in [-0.4, -0.2) is 42.4 Å². The minimum atomic E-state index is -4.23. The summed E-state index contributed by atoms with van der Waals surface area (Å²) < 4.78 is 55.2. The highest BCUT2D eigenvalue weighted by atomic mass is 35.5. The van der Waals surface area contributed by atoms with Crippen LogP contribution in [0.5, 0.6) is 0 Å². The number of hydrogen-bond acceptors (Lipinski definition) is 4. The second kappa shape index (κ2) is 9.20. The molecule has 1 unspecified atom stereocenters. The number of anilines is 1. The highest BCUT2D eigenvalue weighted by Crippen LogP contribution is 2.27. The van der Waals surface area contributed by atoms with E-state index >= 15 is 0 Å². The van der Waals surface area contributed by atoms with E-state index in [2.05, 4.69) is 5.32 Å². The summed E-state index contributed by atoms with van der Waals surface area (Å²) >= 11 is 5.70. The third-order valence-electron chi connectivity index (χ3n) is 5.26. The summed E-state index contributed by atoms with van der Waals surface area (Å²) in [5.74, 6) is -2.33. The van der Waals surface area contributed by atoms with Gasteiger partial charge in [0, 0.05) is 24.3 Å². The fourth-order valence-corrected chi connectivity index (χ4v) is 5.15. The summed E-state index contributed by atoms with van der Waals surface area (Å²) in [4.78, 5) is 11.9. The number of sulfonamides is 1. The van der Waals surface area contributed by atoms with Crippen molar-refractivity contribution in [3.8, 4) is 0 Å². The number of rotatable bonds is 4. The molecule has 10 heteroatoms. The molecule has 0 aromatic heterocycles. The molecule has 6 nitrogen and oxygen atoms in total. The summed E-state index contributed by atoms with van der Waals surface area (Å²) in [6, 6.07) is 6.64. The standard InChI is InChI=1S/C21H23ClF2N2O4S/c1-21(28)8-2-3-10-26(11-9-21)31(29,30)19-12-14(4-6-18(19)24)20(27)25-15-5-7-17(23)16(22)13-15/h4-7,12-13,28H,2-3,8-11H2,1H3,(H,25,27). The van der Waals surface area contributed by atoms with Gasteiger partial charge in [-0.25, -0.2) is 17.2 Å². The first-order chi connectivity index (χ1) is 14.5. The monoisotopic (exact) mass is 472 g/mol. The van der Waals surface area contributed by atoms with Crippen molar-refractivity contribution in [3.05, 3.63) is 58.6 Å². The van der Waals surface area contributed by atoms with Gasteiger partial charge in [0.1, 0.15) is 16.5 Å². The largest absolute Gasteiger partial charge is 0.390 e. The van der Waals surface area contributed by atoms with Crippen molar-refractivity contribution < 1.29 is 27.1 Å². The van der Waals surface area contributed by atoms with Crippen LogP contribution in [0.1, 0.15) is 43.0 Å². The molecule has 0 aliphatic carbocycles. The van der Waals surface area contributed by atoms with E-state index in [4.69, 9.17) is 11.6 Å². The first-order valence-corrected chi connectivity index (χ1v) is 11.6. The van der Waals surface area contributed by atoms with Crippen LogP contribution >= 0.6 is 11.6 Å². The smallest absolute Gasteiger partial charge is 0.255 e. The maximum Gasteiger partial charge on any atom is 0.255 e. The Bertz CT molecular complexity index is 1090. The average molecular weight is 473 g/mol. The van der Waals surface area contributed by atoms with Crippen LogP contribution in [0, 0.1) is 11.6 Å². The molecule has 1 aliphatic rings. The van der Waals surface area contributed by atoms with Gasteiger partial charge >= 0.3 is 0 Å². The number of hydrogen-bond donors (Lipinski definition) is 2. The molecule has 1 atom stereocenters. The van der Waals surface area contributed by atoms with E-state index in [1.165, 1.54) is 12.1 Å². The zero-order chi connectivity index (χ0) is 22.8. The van der Waals surface area contributed by atoms with Gasteiger partial charge in [-0.2, -0.15) is 4.31 Å². The number of nitrogens with one attached hydrogen (secondary N) is 1. The zero-order valence-corrected chi connectivity index (χ0v) is 18.4. The van der Waals surface area contributed by atoms with Gasteiger partial charge in [0.15, 0.2) is 0 Å². The molecule has 3 rings (SSSR count). The Kier molecular flexibility index (Phi) is 7.00. The van der Waals surface area contributed by atoms with Crippen molar-refractivity contribution in [3.63, 3.8) is 0 Å². The van der Waals surface area contributed by atoms with Gasteiger partial charge in [-0.1, -0.05) is 11.6 Å². The Morgan fingerprint density at radius 2 is 1.81 bits per heavy atom. The lowest BCUT2D eigenvalue weighted by molar-refractivity contribution is 0.0289. The number of carbonyl (C=O) groups is 1. The lowest BCUT2D eigenvalue weighted by Crippen LogP contribution is -2.39. The van der Waals surface area contributed by atoms with Crippen molar-refractivity contribution in [2.24, 2.45) is 0 Å². The second-order valence-electron chi connectivity index (χ2n) is 7.84. The number of aliphatic hydroxyl groups is 1. The Labute approximate surface area is 184 Å². The van der Waals surface area contributed by atoms with Crippen LogP contribution in [0.2, 0.25) is 5.02 Å². The van der Waals surface area contributed by atoms with Crippen molar-refractivity contribution in [1.29, 1.82) is 0 Å². The fourth-order valence-electron chi connectivity index (χ4n) is 3.40. The topological polar surface area (TPSA) is 86.7 Å². The van der Waals surface area contributed by atoms with E-state index in [0.717, 1.165) is 28.6 Å². The first-order valence-electron chi connectivity index (χ1n) is 9.78. The molecule has 2 aromatic rings. The van der Waals surface area contributed by atoms with Gasteiger partial charge < -0.3 is 10.4 Å². The van der Waals surface area contributed by atoms with Crippen molar-refractivity contribution in [1.82, 2.24) is 4.31 Å². The summed E-state index contributed by atoms with van der Waals surface area (Å²) in [7, 11) is -4.23. The number of halogens is 3. The molecule has 0 bridgehead atoms. The Morgan fingerprint density at radius 3 is 2.52 bits per heavy atom. The number of amides is 1. The van der Waals surface area contributed by atoms with E-state index in [1.807, 2.05) is 0 Å². The quantitative estimate of drug-likeness (QED) is 0.698. The van der Waals surface area contributed by atoms with Gasteiger partial charge in [-0.15, -0.1) is 0 Å². The van der Waals surface area contributed by atoms with Crippen LogP contribution in [0.4, 0.5) is 14.5 Å². The van der Waals surface area contributed by atoms with E-state index in [1.54, 1.807) is 6.92 Å². The maximum absolute atomic E-state index is 14.5. The lowest BCUT2D eigenvalue weighted by Gasteiger charge is -2.31. The second-order valence-corrected chi connectivity index (χ2v) is 10.1. The molecular weight excluding hydrogens is 450 g/mol. The predicted molar refractivity (Wildman–Crippen MR) is 114 cm³/mol. The van der Waals surface area contributed by atoms with Gasteiger partial charge in [-0.3, -0.25) is 4.79 Å². The van der Waals surface area contributed by atoms with Gasteiger partial charge in [-0.05, 0) is 69.0 Å². The lowest BCUT2D eigenvalue weighted by atomic mass is 9.94. The highest BCUT2D eigenvalue weighted by Gasteiger charge is 2.32. The van der Waals surface area contributed by atoms with Crippen LogP contribution in [-0.2, 0) is 10.0 Å². The van der Waals surface area contributed by atoms with Crippen LogP contribution < -0.4 is 5.32 Å². The third kappa shape index (κ3) is 5.60. The molecule has 31 heavy (non-hydrogen) atoms. The van der Waals surface area contributed by atoms with Crippen LogP contribution in [0.15, 0.2) is 41.3 Å². The predicted octanol–water partition coefficient (Wildman–Crippen LogP) is 4.19. The minimum Gasteiger partial charge on any atom is -0.390 e. The van der Waals surface area contributed by atoms with Crippen LogP contribution in [0.25, 0.3) is 0 Å². The zero-order valence-electron chi connectivity index (χ0n) is 16.9. The van der Waals surface area contributed by atoms with Crippen molar-refractivity contribution in [2.45, 2.75) is 43.1 Å². The molecule has 0 radical (unpaired) electrons. The number of carbonyl (C=O) groups excluding carboxylic acids is 1. The van der Waals surface area contributed by atoms with Crippen LogP contribution in [0.3, 0.4) is 0 Å². The van der Waals surface area contributed by atoms with E-state index < -0.39 is 38.1 Å². The molecule has 0 saturated carbocycles. The van der Waals surface area contributed by atoms with Gasteiger partial charge in [0.25, 0.3) is 5.91 Å². The Hall–Kier alpha value is -2.07. The first kappa shape index (κ1) is 23.6. The van der Waals surface area contributed by atoms with E-state index in [9.17, 15) is 27.1 Å². The molecule has 1 amide bonds. The molecule has 2 aromatic carbocycles. The average Bonchev–Trinajstić information content (AvgIpc) is 2.68. The van der Waals surface area contributed by atoms with Gasteiger partial charge in [0.2, 0.25) is 10.0 Å². The normalized spacial score (nSPS) is 20.7. The fraction of sp³-hybridized carbons (Fsp3) is 0.381. The van der Waals surface area contributed by atoms with E-state index in [-0.39, 0.29) is 35.8 Å². The molecule has 1 fully saturated rings. The highest BCUT2D eigenvalue weighted by molar-refractivity contribution is 7.89. The molecule has 1 heterocycles. The van der Waals surface area contributed by atoms with E-state index in [0.29, 0.717) is 19.3 Å². The molecular formula is C21H23ClF2N2O4S. The molecule has 1 aliphatic heterocycles. The summed E-state index contributed by atoms with van der Waals surface area (Å²) in [5, 5.41) is 12.6. The Morgan fingerprint density at radius 1 is 1.10 bits per heavy atom. The molecule has 1 saturated heterocycles. The van der Waals surface area contributed by atoms with Gasteiger partial charge in [0.05, 0.1) is 10.6 Å². The van der Waals surface area contributed by atoms with Crippen molar-refractivity contribution >= 4 is 33.2 Å². The van der Waals surface area contributed by atoms with Crippen molar-refractivity contribution in [2.75, 3.05) is 18.4 Å². The summed E-state index contributed by atoms with van der Waals surface area (Å²) in [6.45, 7) is 1.89. The third-order valence-corrected chi connectivity index (χ3v) is 7.46. The molecule has 2 N–H and O–H groups in total. The molecule has 168 valence electrons. The SMILES string of the molecule is CC1(O)CCCCN(S(=O)(=O)c2cc(C(=O)Nc3ccc(F)c(Cl)c3)ccc2F)CC1. The summed E-state index contributed by atoms with van der Waals surface area (Å²) in [6.07, 6.45) is 1.96. The number of nitrogens with zero attached hydrogens (tertiary/aromatic N) is 1. The Balaban J connectivity index is 1.86. The number of benzene rings is 2. The maximum atomic E-state index is 14.5. The minimum absolute atomic E-state index is 0.0409.